The zero-order valence-electron chi connectivity index (χ0n) is 16.1. The molecule has 0 saturated heterocycles. The zero-order chi connectivity index (χ0) is 20.8. The van der Waals surface area contributed by atoms with Crippen LogP contribution in [-0.4, -0.2) is 40.3 Å². The maximum absolute atomic E-state index is 11.8. The van der Waals surface area contributed by atoms with Gasteiger partial charge < -0.3 is 15.4 Å². The van der Waals surface area contributed by atoms with Crippen molar-refractivity contribution in [1.29, 1.82) is 0 Å². The highest BCUT2D eigenvalue weighted by molar-refractivity contribution is 7.90. The Bertz CT molecular complexity index is 1230. The van der Waals surface area contributed by atoms with Gasteiger partial charge in [-0.2, -0.15) is 4.98 Å². The lowest BCUT2D eigenvalue weighted by molar-refractivity contribution is 0.0489. The summed E-state index contributed by atoms with van der Waals surface area (Å²) in [5, 5.41) is 14.6. The summed E-state index contributed by atoms with van der Waals surface area (Å²) < 4.78 is 23.3. The number of nitrogens with one attached hydrogen (secondary N) is 2. The maximum Gasteiger partial charge on any atom is 0.249 e. The Kier molecular flexibility index (Phi) is 4.66. The van der Waals surface area contributed by atoms with Gasteiger partial charge in [0.25, 0.3) is 0 Å². The molecule has 0 radical (unpaired) electrons. The molecule has 1 fully saturated rings. The van der Waals surface area contributed by atoms with Gasteiger partial charge in [0.05, 0.1) is 16.2 Å². The number of fused-ring (bicyclic) bond motifs is 1. The molecule has 1 saturated carbocycles. The monoisotopic (exact) mass is 414 g/mol. The molecule has 0 amide bonds. The van der Waals surface area contributed by atoms with Gasteiger partial charge in [-0.25, -0.2) is 13.4 Å². The van der Waals surface area contributed by atoms with Gasteiger partial charge in [-0.05, 0) is 56.5 Å². The topological polar surface area (TPSA) is 125 Å². The van der Waals surface area contributed by atoms with E-state index in [0.29, 0.717) is 28.8 Å². The van der Waals surface area contributed by atoms with Crippen molar-refractivity contribution < 1.29 is 13.5 Å². The van der Waals surface area contributed by atoms with Crippen molar-refractivity contribution in [2.75, 3.05) is 11.6 Å². The van der Waals surface area contributed by atoms with Crippen molar-refractivity contribution in [2.24, 2.45) is 0 Å². The Morgan fingerprint density at radius 3 is 2.52 bits per heavy atom. The molecular formula is C20H22N4O4S. The van der Waals surface area contributed by atoms with E-state index in [0.717, 1.165) is 19.1 Å². The molecule has 1 aliphatic carbocycles. The summed E-state index contributed by atoms with van der Waals surface area (Å²) in [5.74, 6) is 0.0937. The smallest absolute Gasteiger partial charge is 0.249 e. The van der Waals surface area contributed by atoms with Crippen LogP contribution >= 0.6 is 0 Å². The van der Waals surface area contributed by atoms with Crippen LogP contribution in [0.3, 0.4) is 0 Å². The Morgan fingerprint density at radius 1 is 1.17 bits per heavy atom. The number of nitrogens with zero attached hydrogens (tertiary/aromatic N) is 2. The molecule has 2 atom stereocenters. The molecule has 3 aromatic rings. The van der Waals surface area contributed by atoms with Crippen molar-refractivity contribution in [2.45, 2.75) is 42.6 Å². The minimum absolute atomic E-state index is 0.174. The maximum atomic E-state index is 11.8. The van der Waals surface area contributed by atoms with Crippen LogP contribution in [0.5, 0.6) is 0 Å². The lowest BCUT2D eigenvalue weighted by Crippen LogP contribution is -2.28. The second-order valence-electron chi connectivity index (χ2n) is 7.74. The van der Waals surface area contributed by atoms with Crippen molar-refractivity contribution in [1.82, 2.24) is 15.0 Å². The lowest BCUT2D eigenvalue weighted by atomic mass is 9.88. The zero-order valence-corrected chi connectivity index (χ0v) is 17.0. The molecule has 0 aliphatic heterocycles. The van der Waals surface area contributed by atoms with E-state index in [-0.39, 0.29) is 22.3 Å². The first-order chi connectivity index (χ1) is 13.6. The molecule has 3 N–H and O–H groups in total. The lowest BCUT2D eigenvalue weighted by Gasteiger charge is -2.26. The van der Waals surface area contributed by atoms with Gasteiger partial charge in [-0.15, -0.1) is 0 Å². The SMILES string of the molecule is C[C@@]1(O)CCC[C@@H]1c1nc(Nc2ccc(S(C)(=O)=O)cc2)nc2[nH]c(=O)ccc12. The second kappa shape index (κ2) is 6.93. The molecule has 1 aliphatic rings. The largest absolute Gasteiger partial charge is 0.389 e. The number of anilines is 2. The fourth-order valence-corrected chi connectivity index (χ4v) is 4.51. The van der Waals surface area contributed by atoms with E-state index >= 15 is 0 Å². The van der Waals surface area contributed by atoms with E-state index in [2.05, 4.69) is 20.3 Å². The highest BCUT2D eigenvalue weighted by atomic mass is 32.2. The van der Waals surface area contributed by atoms with Crippen LogP contribution in [-0.2, 0) is 9.84 Å². The number of sulfone groups is 1. The number of hydrogen-bond acceptors (Lipinski definition) is 7. The number of benzene rings is 1. The summed E-state index contributed by atoms with van der Waals surface area (Å²) >= 11 is 0. The van der Waals surface area contributed by atoms with Crippen LogP contribution in [0.4, 0.5) is 11.6 Å². The summed E-state index contributed by atoms with van der Waals surface area (Å²) in [6.07, 6.45) is 3.52. The number of aromatic nitrogens is 3. The summed E-state index contributed by atoms with van der Waals surface area (Å²) in [6.45, 7) is 1.81. The predicted octanol–water partition coefficient (Wildman–Crippen LogP) is 2.48. The average molecular weight is 414 g/mol. The highest BCUT2D eigenvalue weighted by Crippen LogP contribution is 2.43. The molecule has 2 heterocycles. The minimum atomic E-state index is -3.28. The van der Waals surface area contributed by atoms with Gasteiger partial charge >= 0.3 is 0 Å². The average Bonchev–Trinajstić information content (AvgIpc) is 2.99. The third-order valence-electron chi connectivity index (χ3n) is 5.41. The van der Waals surface area contributed by atoms with E-state index < -0.39 is 15.4 Å². The van der Waals surface area contributed by atoms with Crippen molar-refractivity contribution in [3.05, 3.63) is 52.4 Å². The normalized spacial score (nSPS) is 22.1. The van der Waals surface area contributed by atoms with Crippen LogP contribution in [0, 0.1) is 0 Å². The number of hydrogen-bond donors (Lipinski definition) is 3. The quantitative estimate of drug-likeness (QED) is 0.599. The molecule has 0 unspecified atom stereocenters. The van der Waals surface area contributed by atoms with E-state index in [4.69, 9.17) is 0 Å². The summed E-state index contributed by atoms with van der Waals surface area (Å²) in [4.78, 5) is 23.8. The number of aromatic amines is 1. The van der Waals surface area contributed by atoms with Gasteiger partial charge in [0.2, 0.25) is 11.5 Å². The first-order valence-corrected chi connectivity index (χ1v) is 11.2. The summed E-state index contributed by atoms with van der Waals surface area (Å²) in [5.41, 5.74) is 0.527. The van der Waals surface area contributed by atoms with Crippen LogP contribution in [0.1, 0.15) is 37.8 Å². The Hall–Kier alpha value is -2.78. The van der Waals surface area contributed by atoms with E-state index in [1.165, 1.54) is 18.2 Å². The highest BCUT2D eigenvalue weighted by Gasteiger charge is 2.39. The van der Waals surface area contributed by atoms with Crippen LogP contribution in [0.2, 0.25) is 0 Å². The fraction of sp³-hybridized carbons (Fsp3) is 0.350. The second-order valence-corrected chi connectivity index (χ2v) is 9.76. The minimum Gasteiger partial charge on any atom is -0.389 e. The van der Waals surface area contributed by atoms with E-state index in [1.54, 1.807) is 25.1 Å². The molecule has 2 aromatic heterocycles. The summed E-state index contributed by atoms with van der Waals surface area (Å²) in [7, 11) is -3.28. The number of H-pyrrole nitrogens is 1. The Labute approximate surface area is 168 Å². The van der Waals surface area contributed by atoms with Gasteiger partial charge in [0.15, 0.2) is 9.84 Å². The van der Waals surface area contributed by atoms with Gasteiger partial charge in [0.1, 0.15) is 5.65 Å². The molecule has 0 bridgehead atoms. The van der Waals surface area contributed by atoms with Gasteiger partial charge in [-0.1, -0.05) is 0 Å². The molecule has 29 heavy (non-hydrogen) atoms. The van der Waals surface area contributed by atoms with Crippen molar-refractivity contribution in [3.8, 4) is 0 Å². The Balaban J connectivity index is 1.78. The molecule has 8 nitrogen and oxygen atoms in total. The van der Waals surface area contributed by atoms with E-state index in [1.807, 2.05) is 0 Å². The van der Waals surface area contributed by atoms with Crippen LogP contribution in [0.25, 0.3) is 11.0 Å². The first kappa shape index (κ1) is 19.5. The van der Waals surface area contributed by atoms with Crippen LogP contribution < -0.4 is 10.9 Å². The van der Waals surface area contributed by atoms with E-state index in [9.17, 15) is 18.3 Å². The number of pyridine rings is 1. The van der Waals surface area contributed by atoms with Gasteiger partial charge in [-0.3, -0.25) is 4.79 Å². The third kappa shape index (κ3) is 3.88. The fourth-order valence-electron chi connectivity index (χ4n) is 3.88. The number of aliphatic hydroxyl groups is 1. The summed E-state index contributed by atoms with van der Waals surface area (Å²) in [6, 6.07) is 9.37. The van der Waals surface area contributed by atoms with Crippen molar-refractivity contribution in [3.63, 3.8) is 0 Å². The molecule has 1 aromatic carbocycles. The predicted molar refractivity (Wildman–Crippen MR) is 110 cm³/mol. The van der Waals surface area contributed by atoms with Gasteiger partial charge in [0, 0.05) is 29.3 Å². The standard InChI is InChI=1S/C20H22N4O4S/c1-20(26)11-3-4-15(20)17-14-9-10-16(25)22-18(14)24-19(23-17)21-12-5-7-13(8-6-12)29(2,27)28/h5-10,15,26H,3-4,11H2,1-2H3,(H2,21,22,23,24,25)/t15-,20-/m1/s1. The molecule has 0 spiro atoms. The molecule has 152 valence electrons. The first-order valence-electron chi connectivity index (χ1n) is 9.34. The Morgan fingerprint density at radius 2 is 1.90 bits per heavy atom. The molecule has 9 heteroatoms. The van der Waals surface area contributed by atoms with Crippen LogP contribution in [0.15, 0.2) is 46.1 Å². The molecular weight excluding hydrogens is 392 g/mol. The number of rotatable bonds is 4. The van der Waals surface area contributed by atoms with Crippen molar-refractivity contribution >= 4 is 32.5 Å². The molecule has 4 rings (SSSR count). The third-order valence-corrected chi connectivity index (χ3v) is 6.54.